The van der Waals surface area contributed by atoms with Crippen molar-refractivity contribution in [2.75, 3.05) is 0 Å². The highest BCUT2D eigenvalue weighted by molar-refractivity contribution is 5.83. The van der Waals surface area contributed by atoms with Crippen LogP contribution in [0.1, 0.15) is 124 Å². The summed E-state index contributed by atoms with van der Waals surface area (Å²) in [5.41, 5.74) is 5.64. The van der Waals surface area contributed by atoms with E-state index in [-0.39, 0.29) is 18.8 Å². The van der Waals surface area contributed by atoms with Crippen molar-refractivity contribution < 1.29 is 68.9 Å². The molecular weight excluding hydrogens is 646 g/mol. The monoisotopic (exact) mass is 705 g/mol. The molecule has 0 radical (unpaired) electrons. The van der Waals surface area contributed by atoms with E-state index in [9.17, 15) is 49.2 Å². The molecule has 8 N–H and O–H groups in total. The Morgan fingerprint density at radius 3 is 1.57 bits per heavy atom. The first kappa shape index (κ1) is 45.7. The van der Waals surface area contributed by atoms with Crippen LogP contribution in [0.4, 0.5) is 0 Å². The Labute approximate surface area is 288 Å². The maximum absolute atomic E-state index is 13.0. The van der Waals surface area contributed by atoms with Gasteiger partial charge in [0.25, 0.3) is 0 Å². The van der Waals surface area contributed by atoms with Crippen LogP contribution >= 0.6 is 0 Å². The van der Waals surface area contributed by atoms with Gasteiger partial charge < -0.3 is 45.8 Å². The number of unbranched alkanes of at least 4 members (excludes halogenated alkanes) is 4. The lowest BCUT2D eigenvalue weighted by Crippen LogP contribution is -2.42. The second-order valence-corrected chi connectivity index (χ2v) is 13.4. The largest absolute Gasteiger partial charge is 0.481 e. The van der Waals surface area contributed by atoms with Crippen molar-refractivity contribution >= 4 is 35.8 Å². The highest BCUT2D eigenvalue weighted by Gasteiger charge is 2.37. The first-order chi connectivity index (χ1) is 22.9. The fourth-order valence-electron chi connectivity index (χ4n) is 5.58. The smallest absolute Gasteiger partial charge is 0.307 e. The van der Waals surface area contributed by atoms with Crippen LogP contribution in [0, 0.1) is 23.7 Å². The summed E-state index contributed by atoms with van der Waals surface area (Å²) in [5.74, 6) is -11.3. The molecule has 0 spiro atoms. The maximum Gasteiger partial charge on any atom is 0.307 e. The lowest BCUT2D eigenvalue weighted by Gasteiger charge is -2.33. The summed E-state index contributed by atoms with van der Waals surface area (Å²) >= 11 is 0. The van der Waals surface area contributed by atoms with Gasteiger partial charge in [-0.2, -0.15) is 0 Å². The normalized spacial score (nSPS) is 17.0. The summed E-state index contributed by atoms with van der Waals surface area (Å²) in [5, 5.41) is 57.0. The number of aliphatic hydroxyl groups is 2. The van der Waals surface area contributed by atoms with E-state index in [1.807, 2.05) is 13.8 Å². The van der Waals surface area contributed by atoms with Gasteiger partial charge in [0.1, 0.15) is 12.2 Å². The summed E-state index contributed by atoms with van der Waals surface area (Å²) in [6.07, 6.45) is 0.203. The van der Waals surface area contributed by atoms with Crippen LogP contribution in [0.15, 0.2) is 0 Å². The molecule has 0 fully saturated rings. The van der Waals surface area contributed by atoms with Crippen LogP contribution < -0.4 is 5.73 Å². The van der Waals surface area contributed by atoms with Gasteiger partial charge in [0.05, 0.1) is 49.7 Å². The highest BCUT2D eigenvalue weighted by Crippen LogP contribution is 2.29. The fraction of sp³-hybridized carbons (Fsp3) is 0.824. The van der Waals surface area contributed by atoms with E-state index >= 15 is 0 Å². The summed E-state index contributed by atoms with van der Waals surface area (Å²) in [6, 6.07) is -0.432. The number of carboxylic acid groups (broad SMARTS) is 4. The van der Waals surface area contributed by atoms with E-state index < -0.39 is 110 Å². The number of carbonyl (C=O) groups is 6. The average Bonchev–Trinajstić information content (AvgIpc) is 2.98. The molecule has 0 aliphatic rings. The van der Waals surface area contributed by atoms with Gasteiger partial charge in [-0.15, -0.1) is 0 Å². The van der Waals surface area contributed by atoms with Crippen LogP contribution in [0.3, 0.4) is 0 Å². The Bertz CT molecular complexity index is 1030. The van der Waals surface area contributed by atoms with Crippen molar-refractivity contribution in [3.05, 3.63) is 0 Å². The second-order valence-electron chi connectivity index (χ2n) is 13.4. The van der Waals surface area contributed by atoms with Gasteiger partial charge in [0, 0.05) is 12.5 Å². The lowest BCUT2D eigenvalue weighted by atomic mass is 9.87. The molecule has 0 amide bonds. The molecule has 9 atom stereocenters. The molecule has 0 bridgehead atoms. The van der Waals surface area contributed by atoms with Crippen LogP contribution in [0.25, 0.3) is 0 Å². The second kappa shape index (κ2) is 24.8. The van der Waals surface area contributed by atoms with Gasteiger partial charge in [0.15, 0.2) is 0 Å². The van der Waals surface area contributed by atoms with Crippen LogP contribution in [0.2, 0.25) is 0 Å². The number of carboxylic acids is 4. The highest BCUT2D eigenvalue weighted by atomic mass is 16.6. The molecule has 0 aliphatic carbocycles. The van der Waals surface area contributed by atoms with E-state index in [4.69, 9.17) is 25.4 Å². The number of hydrogen-bond acceptors (Lipinski definition) is 11. The topological polar surface area (TPSA) is 268 Å². The molecule has 49 heavy (non-hydrogen) atoms. The maximum atomic E-state index is 13.0. The van der Waals surface area contributed by atoms with Crippen molar-refractivity contribution in [1.82, 2.24) is 0 Å². The van der Waals surface area contributed by atoms with Gasteiger partial charge in [-0.3, -0.25) is 28.8 Å². The molecule has 0 saturated carbocycles. The Morgan fingerprint density at radius 2 is 1.12 bits per heavy atom. The van der Waals surface area contributed by atoms with Crippen LogP contribution in [-0.4, -0.2) is 96.9 Å². The Balaban J connectivity index is 5.84. The van der Waals surface area contributed by atoms with Gasteiger partial charge in [-0.05, 0) is 38.0 Å². The number of esters is 2. The summed E-state index contributed by atoms with van der Waals surface area (Å²) in [6.45, 7) is 7.31. The lowest BCUT2D eigenvalue weighted by molar-refractivity contribution is -0.177. The van der Waals surface area contributed by atoms with Crippen molar-refractivity contribution in [3.63, 3.8) is 0 Å². The molecule has 0 aromatic heterocycles. The third-order valence-corrected chi connectivity index (χ3v) is 8.60. The van der Waals surface area contributed by atoms with Gasteiger partial charge in [-0.25, -0.2) is 0 Å². The van der Waals surface area contributed by atoms with Crippen molar-refractivity contribution in [2.45, 2.75) is 154 Å². The number of aliphatic carboxylic acids is 4. The summed E-state index contributed by atoms with van der Waals surface area (Å²) in [4.78, 5) is 71.6. The van der Waals surface area contributed by atoms with Crippen molar-refractivity contribution in [2.24, 2.45) is 29.4 Å². The molecule has 0 rings (SSSR count). The molecule has 0 unspecified atom stereocenters. The Kier molecular flexibility index (Phi) is 23.1. The number of hydrogen-bond donors (Lipinski definition) is 7. The third kappa shape index (κ3) is 21.4. The van der Waals surface area contributed by atoms with E-state index in [1.165, 1.54) is 0 Å². The van der Waals surface area contributed by atoms with Gasteiger partial charge in [-0.1, -0.05) is 65.7 Å². The number of carbonyl (C=O) groups excluding carboxylic acids is 2. The predicted octanol–water partition coefficient (Wildman–Crippen LogP) is 3.59. The molecule has 0 aliphatic heterocycles. The number of rotatable bonds is 29. The standard InChI is InChI=1S/C34H59NO14/c1-5-6-12-21(3)32(49-31(43)18-24(34(46)47)16-29(40)41)27(48-30(42)17-23(33(44)45)15-28(38)39)14-20(2)11-9-7-8-10-13-25(36)19-26(37)22(4)35/h20-27,32,36-37H,5-19,35H2,1-4H3,(H,38,39)(H,40,41)(H,44,45)(H,46,47)/t20-,21-,22+,23+,24+,25-,26-,27+,32+/m0/s1. The molecule has 284 valence electrons. The number of ether oxygens (including phenoxy) is 2. The molecule has 0 aromatic rings. The first-order valence-corrected chi connectivity index (χ1v) is 17.3. The molecule has 0 aromatic carbocycles. The van der Waals surface area contributed by atoms with E-state index in [2.05, 4.69) is 0 Å². The zero-order valence-corrected chi connectivity index (χ0v) is 29.3. The minimum atomic E-state index is -1.55. The average molecular weight is 706 g/mol. The van der Waals surface area contributed by atoms with E-state index in [1.54, 1.807) is 13.8 Å². The Hall–Kier alpha value is -3.30. The molecule has 15 heteroatoms. The summed E-state index contributed by atoms with van der Waals surface area (Å²) in [7, 11) is 0. The fourth-order valence-corrected chi connectivity index (χ4v) is 5.58. The predicted molar refractivity (Wildman–Crippen MR) is 176 cm³/mol. The first-order valence-electron chi connectivity index (χ1n) is 17.3. The third-order valence-electron chi connectivity index (χ3n) is 8.60. The van der Waals surface area contributed by atoms with Crippen molar-refractivity contribution in [1.29, 1.82) is 0 Å². The zero-order valence-electron chi connectivity index (χ0n) is 29.3. The number of nitrogens with two attached hydrogens (primary N) is 1. The molecule has 0 saturated heterocycles. The summed E-state index contributed by atoms with van der Waals surface area (Å²) < 4.78 is 11.5. The Morgan fingerprint density at radius 1 is 0.633 bits per heavy atom. The van der Waals surface area contributed by atoms with E-state index in [0.717, 1.165) is 38.5 Å². The minimum absolute atomic E-state index is 0.0859. The van der Waals surface area contributed by atoms with Crippen molar-refractivity contribution in [3.8, 4) is 0 Å². The van der Waals surface area contributed by atoms with Gasteiger partial charge in [0.2, 0.25) is 0 Å². The van der Waals surface area contributed by atoms with E-state index in [0.29, 0.717) is 19.3 Å². The van der Waals surface area contributed by atoms with Crippen LogP contribution in [-0.2, 0) is 38.2 Å². The SMILES string of the molecule is CCCC[C@H](C)[C@@H](OC(=O)C[C@@H](CC(=O)O)C(=O)O)[C@@H](C[C@@H](C)CCCCCC[C@H](O)C[C@H](O)[C@@H](C)N)OC(=O)C[C@@H](CC(=O)O)C(=O)O. The molecule has 15 nitrogen and oxygen atoms in total. The molecular formula is C34H59NO14. The quantitative estimate of drug-likeness (QED) is 0.0433. The van der Waals surface area contributed by atoms with Crippen LogP contribution in [0.5, 0.6) is 0 Å². The zero-order chi connectivity index (χ0) is 37.7. The van der Waals surface area contributed by atoms with Gasteiger partial charge >= 0.3 is 35.8 Å². The minimum Gasteiger partial charge on any atom is -0.481 e. The molecule has 0 heterocycles. The number of aliphatic hydroxyl groups excluding tert-OH is 2.